The molecule has 4 N–H and O–H groups in total. The highest BCUT2D eigenvalue weighted by Crippen LogP contribution is 2.52. The summed E-state index contributed by atoms with van der Waals surface area (Å²) in [4.78, 5) is 66.0. The zero-order valence-electron chi connectivity index (χ0n) is 22.2. The Morgan fingerprint density at radius 1 is 1.23 bits per heavy atom. The smallest absolute Gasteiger partial charge is 0.471 e. The van der Waals surface area contributed by atoms with Gasteiger partial charge < -0.3 is 43.3 Å². The summed E-state index contributed by atoms with van der Waals surface area (Å²) < 4.78 is 76.5. The molecule has 1 aromatic heterocycles. The number of cyclic esters (lactones) is 1. The fraction of sp³-hybridized carbons (Fsp3) is 0.391. The van der Waals surface area contributed by atoms with Gasteiger partial charge in [-0.3, -0.25) is 14.3 Å². The molecular weight excluding hydrogens is 642 g/mol. The van der Waals surface area contributed by atoms with Crippen molar-refractivity contribution in [1.29, 1.82) is 0 Å². The largest absolute Gasteiger partial charge is 0.564 e. The van der Waals surface area contributed by atoms with Gasteiger partial charge in [0.05, 0.1) is 18.8 Å². The van der Waals surface area contributed by atoms with Crippen LogP contribution in [0.3, 0.4) is 0 Å². The number of carbonyl (C=O) groups excluding carboxylic acids is 3. The van der Waals surface area contributed by atoms with Gasteiger partial charge in [0.1, 0.15) is 24.5 Å². The van der Waals surface area contributed by atoms with E-state index >= 15 is 8.78 Å². The summed E-state index contributed by atoms with van der Waals surface area (Å²) in [6, 6.07) is 3.34. The van der Waals surface area contributed by atoms with E-state index in [1.807, 2.05) is 0 Å². The molecule has 2 aromatic rings. The molecule has 2 aliphatic rings. The SMILES string of the molecule is O=C(OC([P+](=O)O)P(=O)(O)O)O[C@@H](CO)C(=O)N1CC=C(c2c(F)cc(N3C[C@H](COc4ccon4)OC3=O)cc2F)CC1. The van der Waals surface area contributed by atoms with E-state index in [4.69, 9.17) is 24.2 Å². The lowest BCUT2D eigenvalue weighted by molar-refractivity contribution is -0.143. The first kappa shape index (κ1) is 32.9. The maximum atomic E-state index is 15.2. The molecule has 0 spiro atoms. The predicted octanol–water partition coefficient (Wildman–Crippen LogP) is 1.68. The Labute approximate surface area is 246 Å². The highest BCUT2D eigenvalue weighted by atomic mass is 31.2. The minimum Gasteiger partial charge on any atom is -0.471 e. The normalized spacial score (nSPS) is 18.7. The number of benzene rings is 1. The maximum absolute atomic E-state index is 15.2. The van der Waals surface area contributed by atoms with Gasteiger partial charge in [-0.05, 0) is 33.8 Å². The van der Waals surface area contributed by atoms with Crippen molar-refractivity contribution in [1.82, 2.24) is 10.1 Å². The number of carbonyl (C=O) groups is 3. The molecule has 21 heteroatoms. The number of aromatic nitrogens is 1. The molecule has 2 aliphatic heterocycles. The van der Waals surface area contributed by atoms with Crippen LogP contribution >= 0.6 is 15.6 Å². The molecule has 17 nitrogen and oxygen atoms in total. The maximum Gasteiger partial charge on any atom is 0.564 e. The first-order valence-corrected chi connectivity index (χ1v) is 15.4. The third-order valence-electron chi connectivity index (χ3n) is 6.24. The topological polar surface area (TPSA) is 236 Å². The van der Waals surface area contributed by atoms with Crippen LogP contribution in [-0.2, 0) is 28.1 Å². The van der Waals surface area contributed by atoms with Crippen LogP contribution in [0.1, 0.15) is 12.0 Å². The van der Waals surface area contributed by atoms with E-state index in [1.54, 1.807) is 0 Å². The molecule has 3 heterocycles. The second kappa shape index (κ2) is 13.8. The van der Waals surface area contributed by atoms with Gasteiger partial charge in [0.15, 0.2) is 6.10 Å². The van der Waals surface area contributed by atoms with Gasteiger partial charge >= 0.3 is 33.5 Å². The van der Waals surface area contributed by atoms with Crippen molar-refractivity contribution < 1.29 is 75.6 Å². The molecule has 238 valence electrons. The first-order chi connectivity index (χ1) is 20.8. The second-order valence-electron chi connectivity index (χ2n) is 9.19. The Balaban J connectivity index is 1.38. The van der Waals surface area contributed by atoms with E-state index in [1.165, 1.54) is 18.4 Å². The average molecular weight is 666 g/mol. The van der Waals surface area contributed by atoms with Crippen LogP contribution in [0.25, 0.3) is 5.57 Å². The number of ether oxygens (including phenoxy) is 4. The van der Waals surface area contributed by atoms with Gasteiger partial charge in [-0.2, -0.15) is 4.89 Å². The third kappa shape index (κ3) is 7.74. The Kier molecular flexibility index (Phi) is 10.3. The molecule has 4 atom stereocenters. The lowest BCUT2D eigenvalue weighted by Crippen LogP contribution is -2.45. The highest BCUT2D eigenvalue weighted by Gasteiger charge is 2.50. The van der Waals surface area contributed by atoms with Gasteiger partial charge in [0.25, 0.3) is 11.8 Å². The Morgan fingerprint density at radius 3 is 2.48 bits per heavy atom. The first-order valence-electron chi connectivity index (χ1n) is 12.5. The molecule has 2 unspecified atom stereocenters. The fourth-order valence-corrected chi connectivity index (χ4v) is 5.66. The minimum atomic E-state index is -5.38. The molecule has 1 fully saturated rings. The van der Waals surface area contributed by atoms with Crippen molar-refractivity contribution in [3.63, 3.8) is 0 Å². The van der Waals surface area contributed by atoms with Gasteiger partial charge in [-0.15, -0.1) is 0 Å². The zero-order valence-corrected chi connectivity index (χ0v) is 24.0. The highest BCUT2D eigenvalue weighted by molar-refractivity contribution is 7.65. The molecule has 0 saturated carbocycles. The minimum absolute atomic E-state index is 0.0609. The van der Waals surface area contributed by atoms with E-state index in [0.29, 0.717) is 0 Å². The molecule has 1 saturated heterocycles. The van der Waals surface area contributed by atoms with Gasteiger partial charge in [-0.25, -0.2) is 18.4 Å². The van der Waals surface area contributed by atoms with Crippen molar-refractivity contribution in [2.45, 2.75) is 24.2 Å². The van der Waals surface area contributed by atoms with Gasteiger partial charge in [0, 0.05) is 24.7 Å². The van der Waals surface area contributed by atoms with Crippen LogP contribution in [0, 0.1) is 11.6 Å². The number of amides is 2. The Hall–Kier alpha value is -3.99. The molecular formula is C23H24F2N3O14P2+. The summed E-state index contributed by atoms with van der Waals surface area (Å²) in [6.07, 6.45) is -2.91. The third-order valence-corrected chi connectivity index (χ3v) is 8.90. The van der Waals surface area contributed by atoms with E-state index in [9.17, 15) is 28.6 Å². The van der Waals surface area contributed by atoms with Crippen molar-refractivity contribution in [2.24, 2.45) is 0 Å². The summed E-state index contributed by atoms with van der Waals surface area (Å²) in [6.45, 7) is -1.64. The molecule has 0 radical (unpaired) electrons. The summed E-state index contributed by atoms with van der Waals surface area (Å²) in [5, 5.41) is 13.1. The summed E-state index contributed by atoms with van der Waals surface area (Å²) in [7, 11) is -9.07. The second-order valence-corrected chi connectivity index (χ2v) is 12.3. The van der Waals surface area contributed by atoms with E-state index < -0.39 is 75.4 Å². The average Bonchev–Trinajstić information content (AvgIpc) is 3.61. The van der Waals surface area contributed by atoms with Gasteiger partial charge in [-0.1, -0.05) is 6.08 Å². The van der Waals surface area contributed by atoms with Crippen LogP contribution in [-0.4, -0.2) is 98.6 Å². The van der Waals surface area contributed by atoms with Crippen LogP contribution in [0.4, 0.5) is 24.1 Å². The molecule has 0 aliphatic carbocycles. The Bertz CT molecular complexity index is 1480. The van der Waals surface area contributed by atoms with Crippen LogP contribution in [0.2, 0.25) is 0 Å². The zero-order chi connectivity index (χ0) is 32.2. The van der Waals surface area contributed by atoms with Crippen LogP contribution in [0.15, 0.2) is 35.1 Å². The predicted molar refractivity (Wildman–Crippen MR) is 139 cm³/mol. The van der Waals surface area contributed by atoms with Crippen molar-refractivity contribution in [3.8, 4) is 5.88 Å². The Morgan fingerprint density at radius 2 is 1.93 bits per heavy atom. The lowest BCUT2D eigenvalue weighted by atomic mass is 9.97. The molecule has 44 heavy (non-hydrogen) atoms. The number of hydrogen-bond donors (Lipinski definition) is 4. The van der Waals surface area contributed by atoms with E-state index in [-0.39, 0.29) is 49.8 Å². The number of anilines is 1. The quantitative estimate of drug-likeness (QED) is 0.197. The van der Waals surface area contributed by atoms with Crippen molar-refractivity contribution >= 4 is 45.0 Å². The molecule has 1 aromatic carbocycles. The lowest BCUT2D eigenvalue weighted by Gasteiger charge is -2.29. The van der Waals surface area contributed by atoms with E-state index in [2.05, 4.69) is 19.2 Å². The molecule has 0 bridgehead atoms. The molecule has 4 rings (SSSR count). The van der Waals surface area contributed by atoms with E-state index in [0.717, 1.165) is 21.9 Å². The number of rotatable bonds is 11. The number of nitrogens with zero attached hydrogens (tertiary/aromatic N) is 3. The molecule has 2 amide bonds. The van der Waals surface area contributed by atoms with Gasteiger partial charge in [0.2, 0.25) is 6.10 Å². The summed E-state index contributed by atoms with van der Waals surface area (Å²) >= 11 is 0. The monoisotopic (exact) mass is 666 g/mol. The number of halogens is 2. The van der Waals surface area contributed by atoms with Crippen molar-refractivity contribution in [3.05, 3.63) is 47.7 Å². The van der Waals surface area contributed by atoms with Crippen LogP contribution in [0.5, 0.6) is 5.88 Å². The fourth-order valence-electron chi connectivity index (χ4n) is 4.23. The number of aliphatic hydroxyl groups excluding tert-OH is 1. The summed E-state index contributed by atoms with van der Waals surface area (Å²) in [5.74, 6) is -2.83. The number of hydrogen-bond acceptors (Lipinski definition) is 12. The van der Waals surface area contributed by atoms with Crippen LogP contribution < -0.4 is 9.64 Å². The summed E-state index contributed by atoms with van der Waals surface area (Å²) in [5.41, 5.74) is -3.09. The standard InChI is InChI=1S/C23H23F2N3O14P2/c24-15-7-13(28-9-14(40-21(28)31)11-38-18-3-6-39-26-18)8-16(25)19(15)12-1-4-27(5-2-12)20(30)17(10-29)41-22(32)42-23(43(33)34)44(35,36)37/h1,3,6-8,14,17,23,29H,2,4-5,9-11H2,(H2-,33,34,35,36,37)/p+1/t14-,17+,23?/m1/s1. The van der Waals surface area contributed by atoms with Crippen molar-refractivity contribution in [2.75, 3.05) is 37.7 Å². The number of aliphatic hydroxyl groups is 1.